The second-order valence-electron chi connectivity index (χ2n) is 27.5. The molecule has 0 spiro atoms. The number of carbonyl (C=O) groups excluding carboxylic acids is 4. The van der Waals surface area contributed by atoms with Crippen LogP contribution in [-0.2, 0) is 65.4 Å². The van der Waals surface area contributed by atoms with Crippen LogP contribution in [0.25, 0.3) is 0 Å². The molecule has 0 heterocycles. The minimum absolute atomic E-state index is 0.105. The van der Waals surface area contributed by atoms with Gasteiger partial charge in [-0.25, -0.2) is 9.13 Å². The fraction of sp³-hybridized carbons (Fsp3) is 0.947. The van der Waals surface area contributed by atoms with Crippen molar-refractivity contribution < 1.29 is 80.2 Å². The van der Waals surface area contributed by atoms with Crippen LogP contribution in [0.1, 0.15) is 394 Å². The van der Waals surface area contributed by atoms with Gasteiger partial charge in [0.05, 0.1) is 26.4 Å². The van der Waals surface area contributed by atoms with E-state index in [2.05, 4.69) is 34.6 Å². The molecule has 0 bridgehead atoms. The molecule has 558 valence electrons. The second kappa shape index (κ2) is 68.2. The lowest BCUT2D eigenvalue weighted by Crippen LogP contribution is -2.30. The van der Waals surface area contributed by atoms with E-state index in [1.54, 1.807) is 0 Å². The molecule has 17 nitrogen and oxygen atoms in total. The zero-order valence-electron chi connectivity index (χ0n) is 61.1. The molecule has 0 rings (SSSR count). The summed E-state index contributed by atoms with van der Waals surface area (Å²) in [4.78, 5) is 72.5. The minimum atomic E-state index is -4.95. The maximum absolute atomic E-state index is 13.1. The van der Waals surface area contributed by atoms with Crippen LogP contribution in [0.4, 0.5) is 0 Å². The van der Waals surface area contributed by atoms with Gasteiger partial charge in [-0.05, 0) is 31.6 Å². The number of aliphatic hydroxyl groups excluding tert-OH is 1. The third-order valence-electron chi connectivity index (χ3n) is 17.5. The molecule has 0 radical (unpaired) electrons. The van der Waals surface area contributed by atoms with Crippen LogP contribution >= 0.6 is 15.6 Å². The molecule has 0 amide bonds. The summed E-state index contributed by atoms with van der Waals surface area (Å²) in [5.41, 5.74) is 0. The molecule has 0 aromatic heterocycles. The molecular formula is C75H146O17P2. The first-order valence-electron chi connectivity index (χ1n) is 39.1. The molecule has 94 heavy (non-hydrogen) atoms. The van der Waals surface area contributed by atoms with E-state index in [1.165, 1.54) is 212 Å². The van der Waals surface area contributed by atoms with Gasteiger partial charge in [-0.15, -0.1) is 0 Å². The van der Waals surface area contributed by atoms with Crippen LogP contribution in [0, 0.1) is 5.92 Å². The molecule has 0 aromatic carbocycles. The highest BCUT2D eigenvalue weighted by Crippen LogP contribution is 2.45. The number of unbranched alkanes of at least 4 members (excludes halogenated alkanes) is 47. The summed E-state index contributed by atoms with van der Waals surface area (Å²) in [6.45, 7) is 7.17. The summed E-state index contributed by atoms with van der Waals surface area (Å²) in [6, 6.07) is 0. The lowest BCUT2D eigenvalue weighted by Gasteiger charge is -2.21. The van der Waals surface area contributed by atoms with E-state index >= 15 is 0 Å². The summed E-state index contributed by atoms with van der Waals surface area (Å²) in [5, 5.41) is 10.6. The lowest BCUT2D eigenvalue weighted by molar-refractivity contribution is -0.161. The van der Waals surface area contributed by atoms with Crippen molar-refractivity contribution in [1.29, 1.82) is 0 Å². The highest BCUT2D eigenvalue weighted by atomic mass is 31.2. The largest absolute Gasteiger partial charge is 0.472 e. The first-order valence-corrected chi connectivity index (χ1v) is 42.1. The van der Waals surface area contributed by atoms with Gasteiger partial charge in [0.25, 0.3) is 0 Å². The Balaban J connectivity index is 5.13. The van der Waals surface area contributed by atoms with Gasteiger partial charge in [-0.2, -0.15) is 0 Å². The van der Waals surface area contributed by atoms with Gasteiger partial charge >= 0.3 is 39.5 Å². The monoisotopic (exact) mass is 1380 g/mol. The topological polar surface area (TPSA) is 237 Å². The highest BCUT2D eigenvalue weighted by Gasteiger charge is 2.30. The Labute approximate surface area is 575 Å². The van der Waals surface area contributed by atoms with Crippen LogP contribution in [0.15, 0.2) is 0 Å². The van der Waals surface area contributed by atoms with E-state index in [-0.39, 0.29) is 25.7 Å². The summed E-state index contributed by atoms with van der Waals surface area (Å²) < 4.78 is 68.3. The molecule has 0 fully saturated rings. The van der Waals surface area contributed by atoms with E-state index in [9.17, 15) is 43.2 Å². The van der Waals surface area contributed by atoms with Crippen LogP contribution in [0.2, 0.25) is 0 Å². The molecular weight excluding hydrogens is 1230 g/mol. The maximum atomic E-state index is 13.1. The Morgan fingerprint density at radius 3 is 0.723 bits per heavy atom. The quantitative estimate of drug-likeness (QED) is 0.0222. The molecule has 0 aliphatic carbocycles. The van der Waals surface area contributed by atoms with Crippen molar-refractivity contribution in [1.82, 2.24) is 0 Å². The molecule has 0 saturated heterocycles. The fourth-order valence-corrected chi connectivity index (χ4v) is 13.1. The van der Waals surface area contributed by atoms with Crippen molar-refractivity contribution in [2.24, 2.45) is 5.92 Å². The summed E-state index contributed by atoms with van der Waals surface area (Å²) in [7, 11) is -9.90. The van der Waals surface area contributed by atoms with Crippen LogP contribution in [-0.4, -0.2) is 96.7 Å². The first-order chi connectivity index (χ1) is 45.5. The number of carbonyl (C=O) groups is 4. The Hall–Kier alpha value is -1.94. The zero-order chi connectivity index (χ0) is 69.1. The third-order valence-corrected chi connectivity index (χ3v) is 19.4. The number of hydrogen-bond acceptors (Lipinski definition) is 15. The normalized spacial score (nSPS) is 14.0. The van der Waals surface area contributed by atoms with Crippen molar-refractivity contribution in [3.05, 3.63) is 0 Å². The van der Waals surface area contributed by atoms with Crippen molar-refractivity contribution in [3.63, 3.8) is 0 Å². The summed E-state index contributed by atoms with van der Waals surface area (Å²) >= 11 is 0. The van der Waals surface area contributed by atoms with E-state index < -0.39 is 97.5 Å². The van der Waals surface area contributed by atoms with Gasteiger partial charge in [0.2, 0.25) is 0 Å². The average Bonchev–Trinajstić information content (AvgIpc) is 1.41. The smallest absolute Gasteiger partial charge is 0.462 e. The zero-order valence-corrected chi connectivity index (χ0v) is 62.9. The fourth-order valence-electron chi connectivity index (χ4n) is 11.5. The molecule has 19 heteroatoms. The Morgan fingerprint density at radius 1 is 0.287 bits per heavy atom. The minimum Gasteiger partial charge on any atom is -0.462 e. The van der Waals surface area contributed by atoms with Gasteiger partial charge < -0.3 is 33.8 Å². The van der Waals surface area contributed by atoms with Crippen molar-refractivity contribution in [3.8, 4) is 0 Å². The third kappa shape index (κ3) is 68.6. The van der Waals surface area contributed by atoms with Crippen LogP contribution in [0.3, 0.4) is 0 Å². The van der Waals surface area contributed by atoms with Gasteiger partial charge in [0, 0.05) is 25.7 Å². The molecule has 2 unspecified atom stereocenters. The number of phosphoric ester groups is 2. The van der Waals surface area contributed by atoms with Gasteiger partial charge in [0.1, 0.15) is 19.3 Å². The standard InChI is InChI=1S/C75H146O17P2/c1-6-9-12-15-17-19-21-23-25-27-29-31-33-35-37-41-45-50-55-60-74(79)92-71(65-86-73(78)59-54-49-44-40-36-34-32-30-28-26-24-22-20-18-16-13-10-7-2)67-90-94(83,84)88-63-69(76)62-87-93(81,82)89-66-70(64-85-72(77)58-53-47-14-11-8-3)91-75(80)61-56-51-46-42-38-39-43-48-52-57-68(4)5/h68-71,76H,6-67H2,1-5H3,(H,81,82)(H,83,84)/t69-,70+,71+/m0/s1. The average molecular weight is 1380 g/mol. The Morgan fingerprint density at radius 2 is 0.489 bits per heavy atom. The van der Waals surface area contributed by atoms with E-state index in [1.807, 2.05) is 0 Å². The van der Waals surface area contributed by atoms with Gasteiger partial charge in [-0.3, -0.25) is 37.3 Å². The molecule has 0 aromatic rings. The molecule has 0 saturated carbocycles. The number of hydrogen-bond donors (Lipinski definition) is 3. The lowest BCUT2D eigenvalue weighted by atomic mass is 10.0. The molecule has 5 atom stereocenters. The molecule has 0 aliphatic rings. The number of phosphoric acid groups is 2. The van der Waals surface area contributed by atoms with Crippen LogP contribution in [0.5, 0.6) is 0 Å². The number of esters is 4. The van der Waals surface area contributed by atoms with Crippen molar-refractivity contribution in [2.45, 2.75) is 412 Å². The first kappa shape index (κ1) is 92.1. The van der Waals surface area contributed by atoms with E-state index in [0.29, 0.717) is 25.7 Å². The summed E-state index contributed by atoms with van der Waals surface area (Å²) in [5.74, 6) is -1.39. The summed E-state index contributed by atoms with van der Waals surface area (Å²) in [6.07, 6.45) is 57.4. The Bertz CT molecular complexity index is 1810. The van der Waals surface area contributed by atoms with Crippen LogP contribution < -0.4 is 0 Å². The number of ether oxygens (including phenoxy) is 4. The van der Waals surface area contributed by atoms with Crippen molar-refractivity contribution in [2.75, 3.05) is 39.6 Å². The van der Waals surface area contributed by atoms with Gasteiger partial charge in [-0.1, -0.05) is 343 Å². The van der Waals surface area contributed by atoms with E-state index in [4.69, 9.17) is 37.0 Å². The van der Waals surface area contributed by atoms with Crippen molar-refractivity contribution >= 4 is 39.5 Å². The SMILES string of the molecule is CCCCCCCCCCCCCCCCCCCCCC(=O)O[C@H](COC(=O)CCCCCCCCCCCCCCCCCCCC)COP(=O)(O)OC[C@@H](O)COP(=O)(O)OC[C@@H](COC(=O)CCCCCCC)OC(=O)CCCCCCCCCCCC(C)C. The number of rotatable bonds is 75. The molecule has 0 aliphatic heterocycles. The highest BCUT2D eigenvalue weighted by molar-refractivity contribution is 7.47. The second-order valence-corrected chi connectivity index (χ2v) is 30.4. The van der Waals surface area contributed by atoms with E-state index in [0.717, 1.165) is 102 Å². The predicted molar refractivity (Wildman–Crippen MR) is 382 cm³/mol. The van der Waals surface area contributed by atoms with Gasteiger partial charge in [0.15, 0.2) is 12.2 Å². The Kier molecular flexibility index (Phi) is 66.8. The molecule has 3 N–H and O–H groups in total. The number of aliphatic hydroxyl groups is 1. The predicted octanol–water partition coefficient (Wildman–Crippen LogP) is 22.1. The maximum Gasteiger partial charge on any atom is 0.472 e.